The summed E-state index contributed by atoms with van der Waals surface area (Å²) in [5, 5.41) is 73.4. The summed E-state index contributed by atoms with van der Waals surface area (Å²) in [5.74, 6) is 10.5. The van der Waals surface area contributed by atoms with Gasteiger partial charge in [-0.25, -0.2) is 32.8 Å². The number of carbonyl (C=O) groups excluding carboxylic acids is 5. The van der Waals surface area contributed by atoms with E-state index >= 15 is 0 Å². The van der Waals surface area contributed by atoms with E-state index in [-0.39, 0.29) is 66.0 Å². The fourth-order valence-electron chi connectivity index (χ4n) is 17.2. The van der Waals surface area contributed by atoms with Crippen LogP contribution in [0.25, 0.3) is 39.8 Å². The molecule has 3 aliphatic carbocycles. The van der Waals surface area contributed by atoms with Crippen molar-refractivity contribution in [1.29, 1.82) is 0 Å². The molecule has 730 valence electrons. The van der Waals surface area contributed by atoms with Crippen molar-refractivity contribution in [2.75, 3.05) is 113 Å². The van der Waals surface area contributed by atoms with Gasteiger partial charge in [0, 0.05) is 188 Å². The number of nitrogens with zero attached hydrogens (tertiary/aromatic N) is 17. The van der Waals surface area contributed by atoms with Crippen molar-refractivity contribution in [2.45, 2.75) is 215 Å². The molecule has 2 atom stereocenters. The van der Waals surface area contributed by atoms with Gasteiger partial charge in [0.1, 0.15) is 58.2 Å². The highest BCUT2D eigenvalue weighted by atomic mass is 19.1. The highest BCUT2D eigenvalue weighted by molar-refractivity contribution is 5.76. The zero-order valence-corrected chi connectivity index (χ0v) is 79.4. The highest BCUT2D eigenvalue weighted by Crippen LogP contribution is 2.42. The van der Waals surface area contributed by atoms with Crippen LogP contribution in [-0.4, -0.2) is 257 Å². The third kappa shape index (κ3) is 30.9. The lowest BCUT2D eigenvalue weighted by Crippen LogP contribution is -2.48. The average molecular weight is 1870 g/mol. The Morgan fingerprint density at radius 1 is 0.324 bits per heavy atom. The van der Waals surface area contributed by atoms with Crippen molar-refractivity contribution in [1.82, 2.24) is 137 Å². The molecule has 136 heavy (non-hydrogen) atoms. The minimum Gasteiger partial charge on any atom is -0.381 e. The number of hydrogen-bond acceptors (Lipinski definition) is 20. The Labute approximate surface area is 795 Å². The van der Waals surface area contributed by atoms with Gasteiger partial charge in [-0.15, -0.1) is 51.0 Å². The molecule has 0 radical (unpaired) electrons. The SMILES string of the molecule is CC1COCCC1NC(=O)NCCCc1nnc(-c2ccccc2)n1C.CN1CCC(NC(=O)NCCCc2nnc(C3CC3)n2-c2ccc(F)cc2)CC1.CN1CCC(NC(=O)NCCCc2nnc(C3CC3)n2-c2ccccc2)CC1.Cn1c(CCCNC(=O)NC2CCOCC2)nnc1-c1ccccc1.O=C(NCCCc1nnc(C2CC2)n1-c1ccc(F)cc1)NC1CCOCC1. The molecule has 10 amide bonds. The summed E-state index contributed by atoms with van der Waals surface area (Å²) in [4.78, 5) is 64.8. The molecule has 8 fully saturated rings. The number of para-hydroxylation sites is 1. The quantitative estimate of drug-likeness (QED) is 0.0171. The summed E-state index contributed by atoms with van der Waals surface area (Å²) in [5.41, 5.74) is 5.00. The van der Waals surface area contributed by atoms with E-state index in [1.165, 1.54) is 37.1 Å². The summed E-state index contributed by atoms with van der Waals surface area (Å²) in [6.07, 6.45) is 23.0. The van der Waals surface area contributed by atoms with Gasteiger partial charge in [-0.3, -0.25) is 13.7 Å². The summed E-state index contributed by atoms with van der Waals surface area (Å²) in [6.45, 7) is 13.5. The molecule has 10 heterocycles. The number of ether oxygens (including phenoxy) is 3. The molecule has 5 aromatic heterocycles. The Bertz CT molecular complexity index is 5310. The average Bonchev–Trinajstić information content (AvgIpc) is 1.64. The molecule has 2 unspecified atom stereocenters. The van der Waals surface area contributed by atoms with Gasteiger partial charge < -0.3 is 86.3 Å². The number of benzene rings is 5. The van der Waals surface area contributed by atoms with Crippen molar-refractivity contribution in [2.24, 2.45) is 20.0 Å². The van der Waals surface area contributed by atoms with Crippen LogP contribution < -0.4 is 53.2 Å². The molecule has 18 rings (SSSR count). The second-order valence-electron chi connectivity index (χ2n) is 36.7. The fourth-order valence-corrected chi connectivity index (χ4v) is 17.2. The largest absolute Gasteiger partial charge is 0.381 e. The van der Waals surface area contributed by atoms with E-state index in [0.717, 1.165) is 261 Å². The first kappa shape index (κ1) is 99.8. The van der Waals surface area contributed by atoms with Crippen LogP contribution in [-0.2, 0) is 60.4 Å². The zero-order chi connectivity index (χ0) is 94.8. The van der Waals surface area contributed by atoms with Gasteiger partial charge >= 0.3 is 30.2 Å². The standard InChI is InChI=1S/C21H29FN6O.C21H30N6O.C20H26FN5O2.C19H27N5O2.C18H25N5O2/c1-27-13-10-17(11-14-27)24-21(29)23-12-2-3-19-25-26-20(15-4-5-15)28(19)18-8-6-16(22)7-9-18;1-26-14-11-17(12-15-26)23-21(28)22-13-5-8-19-24-25-20(16-9-10-16)27(19)18-6-3-2-4-7-18;21-15-5-7-17(8-6-15)26-18(24-25-19(26)14-3-4-14)2-1-11-22-20(27)23-16-9-12-28-13-10-16;1-14-13-26-12-10-16(14)21-19(25)20-11-6-9-17-22-23-18(24(17)2)15-7-4-3-5-8-15;1-23-16(21-22-17(23)14-6-3-2-4-7-14)8-5-11-19-18(24)20-15-9-12-25-13-10-15/h6-9,15,17H,2-5,10-14H2,1H3,(H2,23,24,29);2-4,6-7,16-17H,5,8-15H2,1H3,(H2,22,23,28);5-8,14,16H,1-4,9-13H2,(H2,22,23,27);3-5,7-8,14,16H,6,9-13H2,1-2H3,(H2,20,21,25);2-4,6-7,15H,5,8-13H2,1H3,(H2,19,20,24). The zero-order valence-electron chi connectivity index (χ0n) is 79.4. The predicted octanol–water partition coefficient (Wildman–Crippen LogP) is 11.8. The van der Waals surface area contributed by atoms with Crippen LogP contribution in [0.1, 0.15) is 200 Å². The molecule has 8 aliphatic rings. The van der Waals surface area contributed by atoms with Gasteiger partial charge in [0.15, 0.2) is 11.6 Å². The van der Waals surface area contributed by atoms with Crippen LogP contribution in [0.3, 0.4) is 0 Å². The lowest BCUT2D eigenvalue weighted by Gasteiger charge is -2.29. The van der Waals surface area contributed by atoms with Crippen molar-refractivity contribution in [3.8, 4) is 39.8 Å². The first-order valence-corrected chi connectivity index (χ1v) is 49.0. The van der Waals surface area contributed by atoms with Crippen molar-refractivity contribution < 1.29 is 47.0 Å². The fraction of sp³-hybridized carbons (Fsp3) is 0.545. The number of nitrogens with one attached hydrogen (secondary N) is 10. The Morgan fingerprint density at radius 2 is 0.610 bits per heavy atom. The topological polar surface area (TPSA) is 393 Å². The number of aromatic nitrogens is 15. The Morgan fingerprint density at radius 3 is 0.934 bits per heavy atom. The number of aryl methyl sites for hydroxylation is 5. The number of amides is 10. The molecule has 5 aromatic carbocycles. The lowest BCUT2D eigenvalue weighted by atomic mass is 9.98. The summed E-state index contributed by atoms with van der Waals surface area (Å²) in [6, 6.07) is 43.9. The molecule has 10 N–H and O–H groups in total. The van der Waals surface area contributed by atoms with Gasteiger partial charge in [0.2, 0.25) is 0 Å². The van der Waals surface area contributed by atoms with Crippen molar-refractivity contribution in [3.63, 3.8) is 0 Å². The maximum atomic E-state index is 13.3. The van der Waals surface area contributed by atoms with Gasteiger partial charge in [0.05, 0.1) is 6.61 Å². The predicted molar refractivity (Wildman–Crippen MR) is 514 cm³/mol. The first-order chi connectivity index (χ1) is 66.4. The third-order valence-corrected chi connectivity index (χ3v) is 25.8. The maximum Gasteiger partial charge on any atom is 0.315 e. The van der Waals surface area contributed by atoms with Crippen LogP contribution in [0.2, 0.25) is 0 Å². The van der Waals surface area contributed by atoms with Crippen LogP contribution in [0.15, 0.2) is 140 Å². The Kier molecular flexibility index (Phi) is 37.9. The van der Waals surface area contributed by atoms with Crippen LogP contribution >= 0.6 is 0 Å². The van der Waals surface area contributed by atoms with Gasteiger partial charge in [-0.05, 0) is 235 Å². The number of rotatable bonds is 33. The molecule has 10 aromatic rings. The van der Waals surface area contributed by atoms with Gasteiger partial charge in [0.25, 0.3) is 0 Å². The Balaban J connectivity index is 0.000000136. The molecule has 3 saturated carbocycles. The first-order valence-electron chi connectivity index (χ1n) is 49.0. The van der Waals surface area contributed by atoms with E-state index in [4.69, 9.17) is 14.2 Å². The summed E-state index contributed by atoms with van der Waals surface area (Å²) in [7, 11) is 8.18. The molecule has 0 bridgehead atoms. The minimum atomic E-state index is -0.258. The maximum absolute atomic E-state index is 13.3. The van der Waals surface area contributed by atoms with E-state index < -0.39 is 0 Å². The second-order valence-corrected chi connectivity index (χ2v) is 36.7. The molecule has 5 aliphatic heterocycles. The second kappa shape index (κ2) is 51.7. The van der Waals surface area contributed by atoms with E-state index in [1.54, 1.807) is 24.3 Å². The lowest BCUT2D eigenvalue weighted by molar-refractivity contribution is 0.0419. The van der Waals surface area contributed by atoms with Gasteiger partial charge in [-0.2, -0.15) is 0 Å². The number of halogens is 2. The number of hydrogen-bond donors (Lipinski definition) is 10. The van der Waals surface area contributed by atoms with Crippen LogP contribution in [0, 0.1) is 17.6 Å². The molecular formula is C99H137F2N27O8. The molecular weight excluding hydrogens is 1730 g/mol. The van der Waals surface area contributed by atoms with Crippen LogP contribution in [0.4, 0.5) is 32.8 Å². The normalized spacial score (nSPS) is 17.8. The molecule has 0 spiro atoms. The van der Waals surface area contributed by atoms with Crippen molar-refractivity contribution in [3.05, 3.63) is 198 Å². The number of carbonyl (C=O) groups is 5. The summed E-state index contributed by atoms with van der Waals surface area (Å²) < 4.78 is 52.9. The Hall–Kier alpha value is -12.2. The number of urea groups is 5. The number of likely N-dealkylation sites (tertiary alicyclic amines) is 2. The van der Waals surface area contributed by atoms with Crippen LogP contribution in [0.5, 0.6) is 0 Å². The third-order valence-electron chi connectivity index (χ3n) is 25.8. The molecule has 35 nitrogen and oxygen atoms in total. The van der Waals surface area contributed by atoms with E-state index in [9.17, 15) is 32.8 Å². The van der Waals surface area contributed by atoms with E-state index in [2.05, 4.69) is 156 Å². The molecule has 37 heteroatoms. The molecule has 5 saturated heterocycles. The van der Waals surface area contributed by atoms with Crippen molar-refractivity contribution >= 4 is 30.2 Å². The van der Waals surface area contributed by atoms with Gasteiger partial charge in [-0.1, -0.05) is 85.8 Å². The minimum absolute atomic E-state index is 0.0576. The van der Waals surface area contributed by atoms with E-state index in [1.807, 2.05) is 107 Å². The highest BCUT2D eigenvalue weighted by Gasteiger charge is 2.35. The smallest absolute Gasteiger partial charge is 0.315 e. The van der Waals surface area contributed by atoms with E-state index in [0.29, 0.717) is 102 Å². The summed E-state index contributed by atoms with van der Waals surface area (Å²) >= 11 is 0. The number of piperidine rings is 2. The monoisotopic (exact) mass is 1870 g/mol.